The first-order chi connectivity index (χ1) is 11.0. The second-order valence-corrected chi connectivity index (χ2v) is 6.52. The molecule has 1 aromatic carbocycles. The number of rotatable bonds is 7. The summed E-state index contributed by atoms with van der Waals surface area (Å²) in [6.45, 7) is 7.14. The minimum Gasteiger partial charge on any atom is -0.355 e. The van der Waals surface area contributed by atoms with Crippen LogP contribution in [0, 0.1) is 5.82 Å². The SMILES string of the molecule is CN=C(NCCN(C(C)C)C1CC1)N(C)Cc1ccc(F)cc1. The normalized spacial score (nSPS) is 15.3. The molecule has 1 fully saturated rings. The molecule has 5 heteroatoms. The highest BCUT2D eigenvalue weighted by Gasteiger charge is 2.30. The quantitative estimate of drug-likeness (QED) is 0.619. The lowest BCUT2D eigenvalue weighted by molar-refractivity contribution is 0.214. The van der Waals surface area contributed by atoms with Gasteiger partial charge >= 0.3 is 0 Å². The molecule has 1 aromatic rings. The highest BCUT2D eigenvalue weighted by molar-refractivity contribution is 5.79. The molecule has 0 unspecified atom stereocenters. The van der Waals surface area contributed by atoms with Gasteiger partial charge in [-0.25, -0.2) is 4.39 Å². The number of hydrogen-bond acceptors (Lipinski definition) is 2. The fraction of sp³-hybridized carbons (Fsp3) is 0.611. The lowest BCUT2D eigenvalue weighted by Crippen LogP contribution is -2.44. The van der Waals surface area contributed by atoms with Crippen molar-refractivity contribution in [3.05, 3.63) is 35.6 Å². The summed E-state index contributed by atoms with van der Waals surface area (Å²) in [5, 5.41) is 3.43. The Morgan fingerprint density at radius 2 is 1.96 bits per heavy atom. The zero-order valence-corrected chi connectivity index (χ0v) is 14.7. The monoisotopic (exact) mass is 320 g/mol. The molecule has 0 bridgehead atoms. The molecule has 1 saturated carbocycles. The summed E-state index contributed by atoms with van der Waals surface area (Å²) in [6.07, 6.45) is 2.66. The van der Waals surface area contributed by atoms with E-state index in [1.165, 1.54) is 25.0 Å². The van der Waals surface area contributed by atoms with E-state index in [0.29, 0.717) is 12.6 Å². The van der Waals surface area contributed by atoms with Gasteiger partial charge in [0.15, 0.2) is 5.96 Å². The van der Waals surface area contributed by atoms with Crippen molar-refractivity contribution in [3.8, 4) is 0 Å². The Morgan fingerprint density at radius 3 is 2.48 bits per heavy atom. The zero-order chi connectivity index (χ0) is 16.8. The van der Waals surface area contributed by atoms with Crippen molar-refractivity contribution in [2.45, 2.75) is 45.3 Å². The van der Waals surface area contributed by atoms with Gasteiger partial charge in [0.05, 0.1) is 0 Å². The van der Waals surface area contributed by atoms with Crippen molar-refractivity contribution < 1.29 is 4.39 Å². The Labute approximate surface area is 139 Å². The maximum Gasteiger partial charge on any atom is 0.193 e. The van der Waals surface area contributed by atoms with Gasteiger partial charge in [-0.05, 0) is 44.4 Å². The predicted octanol–water partition coefficient (Wildman–Crippen LogP) is 2.71. The highest BCUT2D eigenvalue weighted by atomic mass is 19.1. The van der Waals surface area contributed by atoms with Gasteiger partial charge in [-0.15, -0.1) is 0 Å². The van der Waals surface area contributed by atoms with Gasteiger partial charge in [-0.3, -0.25) is 9.89 Å². The van der Waals surface area contributed by atoms with E-state index in [4.69, 9.17) is 0 Å². The van der Waals surface area contributed by atoms with E-state index in [0.717, 1.165) is 30.7 Å². The number of benzene rings is 1. The van der Waals surface area contributed by atoms with E-state index >= 15 is 0 Å². The maximum absolute atomic E-state index is 13.0. The molecule has 0 aliphatic heterocycles. The summed E-state index contributed by atoms with van der Waals surface area (Å²) in [7, 11) is 3.80. The van der Waals surface area contributed by atoms with Gasteiger partial charge in [0.25, 0.3) is 0 Å². The number of aliphatic imine (C=N–C) groups is 1. The molecule has 0 saturated heterocycles. The molecule has 128 valence electrons. The van der Waals surface area contributed by atoms with Crippen LogP contribution in [0.2, 0.25) is 0 Å². The summed E-state index contributed by atoms with van der Waals surface area (Å²) >= 11 is 0. The van der Waals surface area contributed by atoms with Crippen molar-refractivity contribution in [1.82, 2.24) is 15.1 Å². The van der Waals surface area contributed by atoms with E-state index in [1.807, 2.05) is 19.2 Å². The van der Waals surface area contributed by atoms with E-state index in [2.05, 4.69) is 34.0 Å². The van der Waals surface area contributed by atoms with Crippen molar-refractivity contribution >= 4 is 5.96 Å². The number of guanidine groups is 1. The van der Waals surface area contributed by atoms with Gasteiger partial charge in [0.2, 0.25) is 0 Å². The van der Waals surface area contributed by atoms with Crippen LogP contribution in [-0.2, 0) is 6.54 Å². The second kappa shape index (κ2) is 8.29. The number of nitrogens with zero attached hydrogens (tertiary/aromatic N) is 3. The Morgan fingerprint density at radius 1 is 1.30 bits per heavy atom. The molecule has 1 aliphatic carbocycles. The van der Waals surface area contributed by atoms with Crippen LogP contribution in [0.4, 0.5) is 4.39 Å². The molecule has 0 amide bonds. The third kappa shape index (κ3) is 5.50. The van der Waals surface area contributed by atoms with Gasteiger partial charge in [-0.1, -0.05) is 12.1 Å². The topological polar surface area (TPSA) is 30.9 Å². The van der Waals surface area contributed by atoms with Crippen LogP contribution in [0.3, 0.4) is 0 Å². The predicted molar refractivity (Wildman–Crippen MR) is 94.1 cm³/mol. The molecular weight excluding hydrogens is 291 g/mol. The zero-order valence-electron chi connectivity index (χ0n) is 14.7. The van der Waals surface area contributed by atoms with Crippen LogP contribution in [0.1, 0.15) is 32.3 Å². The molecule has 1 aliphatic rings. The first-order valence-electron chi connectivity index (χ1n) is 8.43. The van der Waals surface area contributed by atoms with Crippen LogP contribution in [0.25, 0.3) is 0 Å². The molecule has 0 aromatic heterocycles. The minimum absolute atomic E-state index is 0.201. The molecule has 4 nitrogen and oxygen atoms in total. The highest BCUT2D eigenvalue weighted by Crippen LogP contribution is 2.27. The average molecular weight is 320 g/mol. The largest absolute Gasteiger partial charge is 0.355 e. The van der Waals surface area contributed by atoms with Crippen molar-refractivity contribution in [3.63, 3.8) is 0 Å². The first-order valence-corrected chi connectivity index (χ1v) is 8.43. The third-order valence-corrected chi connectivity index (χ3v) is 4.24. The van der Waals surface area contributed by atoms with Crippen LogP contribution in [0.5, 0.6) is 0 Å². The van der Waals surface area contributed by atoms with Crippen molar-refractivity contribution in [1.29, 1.82) is 0 Å². The molecule has 0 radical (unpaired) electrons. The first kappa shape index (κ1) is 17.7. The summed E-state index contributed by atoms with van der Waals surface area (Å²) in [5.74, 6) is 0.668. The van der Waals surface area contributed by atoms with Crippen LogP contribution >= 0.6 is 0 Å². The fourth-order valence-electron chi connectivity index (χ4n) is 2.89. The molecule has 0 heterocycles. The van der Waals surface area contributed by atoms with E-state index < -0.39 is 0 Å². The summed E-state index contributed by atoms with van der Waals surface area (Å²) < 4.78 is 13.0. The summed E-state index contributed by atoms with van der Waals surface area (Å²) in [4.78, 5) is 8.96. The van der Waals surface area contributed by atoms with Gasteiger partial charge in [-0.2, -0.15) is 0 Å². The molecule has 0 atom stereocenters. The smallest absolute Gasteiger partial charge is 0.193 e. The number of hydrogen-bond donors (Lipinski definition) is 1. The number of nitrogens with one attached hydrogen (secondary N) is 1. The summed E-state index contributed by atoms with van der Waals surface area (Å²) in [6, 6.07) is 7.98. The Kier molecular flexibility index (Phi) is 6.39. The van der Waals surface area contributed by atoms with Gasteiger partial charge < -0.3 is 10.2 Å². The lowest BCUT2D eigenvalue weighted by atomic mass is 10.2. The Hall–Kier alpha value is -1.62. The molecule has 2 rings (SSSR count). The molecule has 1 N–H and O–H groups in total. The van der Waals surface area contributed by atoms with Gasteiger partial charge in [0.1, 0.15) is 5.82 Å². The van der Waals surface area contributed by atoms with Crippen LogP contribution in [0.15, 0.2) is 29.3 Å². The lowest BCUT2D eigenvalue weighted by Gasteiger charge is -2.28. The maximum atomic E-state index is 13.0. The fourth-order valence-corrected chi connectivity index (χ4v) is 2.89. The average Bonchev–Trinajstić information content (AvgIpc) is 3.34. The Bertz CT molecular complexity index is 506. The minimum atomic E-state index is -0.201. The molecular formula is C18H29FN4. The van der Waals surface area contributed by atoms with Crippen LogP contribution < -0.4 is 5.32 Å². The second-order valence-electron chi connectivity index (χ2n) is 6.52. The summed E-state index contributed by atoms with van der Waals surface area (Å²) in [5.41, 5.74) is 1.07. The van der Waals surface area contributed by atoms with Crippen molar-refractivity contribution in [2.24, 2.45) is 4.99 Å². The van der Waals surface area contributed by atoms with Gasteiger partial charge in [0, 0.05) is 45.8 Å². The van der Waals surface area contributed by atoms with E-state index in [9.17, 15) is 4.39 Å². The van der Waals surface area contributed by atoms with E-state index in [1.54, 1.807) is 7.05 Å². The standard InChI is InChI=1S/C18H29FN4/c1-14(2)23(17-9-10-17)12-11-21-18(20-3)22(4)13-15-5-7-16(19)8-6-15/h5-8,14,17H,9-13H2,1-4H3,(H,20,21). The number of halogens is 1. The van der Waals surface area contributed by atoms with E-state index in [-0.39, 0.29) is 5.82 Å². The third-order valence-electron chi connectivity index (χ3n) is 4.24. The Balaban J connectivity index is 1.80. The molecule has 0 spiro atoms. The molecule has 23 heavy (non-hydrogen) atoms. The van der Waals surface area contributed by atoms with Crippen LogP contribution in [-0.4, -0.2) is 55.0 Å². The van der Waals surface area contributed by atoms with Crippen molar-refractivity contribution in [2.75, 3.05) is 27.2 Å².